The Hall–Kier alpha value is -0.860. The summed E-state index contributed by atoms with van der Waals surface area (Å²) >= 11 is 0. The van der Waals surface area contributed by atoms with E-state index < -0.39 is 0 Å². The highest BCUT2D eigenvalue weighted by Gasteiger charge is 2.34. The summed E-state index contributed by atoms with van der Waals surface area (Å²) in [4.78, 5) is 2.61. The predicted molar refractivity (Wildman–Crippen MR) is 79.9 cm³/mol. The molecule has 3 rings (SSSR count). The van der Waals surface area contributed by atoms with Crippen molar-refractivity contribution in [2.75, 3.05) is 7.05 Å². The van der Waals surface area contributed by atoms with Gasteiger partial charge in [-0.2, -0.15) is 0 Å². The molecule has 1 aromatic rings. The van der Waals surface area contributed by atoms with Crippen LogP contribution in [0.1, 0.15) is 62.2 Å². The molecule has 0 spiro atoms. The van der Waals surface area contributed by atoms with Gasteiger partial charge in [-0.05, 0) is 56.2 Å². The molecule has 2 nitrogen and oxygen atoms in total. The highest BCUT2D eigenvalue weighted by molar-refractivity contribution is 5.37. The minimum atomic E-state index is 0.228. The lowest BCUT2D eigenvalue weighted by atomic mass is 9.86. The monoisotopic (exact) mass is 258 g/mol. The second-order valence-corrected chi connectivity index (χ2v) is 6.57. The van der Waals surface area contributed by atoms with E-state index in [-0.39, 0.29) is 6.04 Å². The number of hydrogen-bond acceptors (Lipinski definition) is 2. The highest BCUT2D eigenvalue weighted by atomic mass is 15.2. The van der Waals surface area contributed by atoms with Gasteiger partial charge in [0.05, 0.1) is 0 Å². The van der Waals surface area contributed by atoms with Crippen molar-refractivity contribution in [1.29, 1.82) is 0 Å². The maximum atomic E-state index is 6.30. The van der Waals surface area contributed by atoms with Gasteiger partial charge in [0.15, 0.2) is 0 Å². The molecular weight excluding hydrogens is 232 g/mol. The first-order valence-corrected chi connectivity index (χ1v) is 7.73. The van der Waals surface area contributed by atoms with Crippen LogP contribution in [0, 0.1) is 5.92 Å². The van der Waals surface area contributed by atoms with Crippen molar-refractivity contribution in [3.8, 4) is 0 Å². The summed E-state index contributed by atoms with van der Waals surface area (Å²) in [5.41, 5.74) is 9.13. The minimum absolute atomic E-state index is 0.228. The van der Waals surface area contributed by atoms with Crippen molar-refractivity contribution in [3.63, 3.8) is 0 Å². The fourth-order valence-electron chi connectivity index (χ4n) is 3.94. The molecule has 1 fully saturated rings. The molecule has 2 unspecified atom stereocenters. The fourth-order valence-corrected chi connectivity index (χ4v) is 3.94. The summed E-state index contributed by atoms with van der Waals surface area (Å²) in [5.74, 6) is 0.919. The quantitative estimate of drug-likeness (QED) is 0.877. The number of fused-ring (bicyclic) bond motifs is 1. The molecule has 1 aromatic carbocycles. The number of nitrogens with zero attached hydrogens (tertiary/aromatic N) is 1. The standard InChI is InChI=1S/C17H26N2/c1-12-7-9-13(10-8-12)19(2)17-11-16(18)14-5-3-4-6-15(14)17/h3-6,12-13,16-17H,7-11,18H2,1-2H3. The van der Waals surface area contributed by atoms with Crippen LogP contribution in [-0.4, -0.2) is 18.0 Å². The van der Waals surface area contributed by atoms with E-state index in [2.05, 4.69) is 43.1 Å². The Morgan fingerprint density at radius 2 is 1.68 bits per heavy atom. The molecule has 0 bridgehead atoms. The van der Waals surface area contributed by atoms with Gasteiger partial charge in [0, 0.05) is 18.1 Å². The van der Waals surface area contributed by atoms with Gasteiger partial charge in [-0.25, -0.2) is 0 Å². The largest absolute Gasteiger partial charge is 0.324 e. The minimum Gasteiger partial charge on any atom is -0.324 e. The molecular formula is C17H26N2. The van der Waals surface area contributed by atoms with E-state index in [0.29, 0.717) is 6.04 Å². The summed E-state index contributed by atoms with van der Waals surface area (Å²) in [6, 6.07) is 10.3. The maximum absolute atomic E-state index is 6.30. The highest BCUT2D eigenvalue weighted by Crippen LogP contribution is 2.42. The first-order valence-electron chi connectivity index (χ1n) is 7.73. The number of rotatable bonds is 2. The molecule has 2 aliphatic carbocycles. The Morgan fingerprint density at radius 1 is 1.05 bits per heavy atom. The van der Waals surface area contributed by atoms with Crippen molar-refractivity contribution >= 4 is 0 Å². The van der Waals surface area contributed by atoms with E-state index in [1.165, 1.54) is 36.8 Å². The lowest BCUT2D eigenvalue weighted by molar-refractivity contribution is 0.120. The smallest absolute Gasteiger partial charge is 0.0369 e. The van der Waals surface area contributed by atoms with Gasteiger partial charge in [-0.3, -0.25) is 4.90 Å². The maximum Gasteiger partial charge on any atom is 0.0369 e. The number of hydrogen-bond donors (Lipinski definition) is 1. The molecule has 0 saturated heterocycles. The Balaban J connectivity index is 1.76. The van der Waals surface area contributed by atoms with Crippen LogP contribution >= 0.6 is 0 Å². The third kappa shape index (κ3) is 2.44. The molecule has 0 radical (unpaired) electrons. The molecule has 1 saturated carbocycles. The average molecular weight is 258 g/mol. The van der Waals surface area contributed by atoms with E-state index in [0.717, 1.165) is 18.4 Å². The molecule has 0 aliphatic heterocycles. The molecule has 0 amide bonds. The molecule has 2 heteroatoms. The van der Waals surface area contributed by atoms with Crippen LogP contribution in [0.15, 0.2) is 24.3 Å². The van der Waals surface area contributed by atoms with E-state index in [9.17, 15) is 0 Å². The van der Waals surface area contributed by atoms with Gasteiger partial charge in [-0.15, -0.1) is 0 Å². The lowest BCUT2D eigenvalue weighted by Gasteiger charge is -2.37. The van der Waals surface area contributed by atoms with E-state index in [4.69, 9.17) is 5.73 Å². The van der Waals surface area contributed by atoms with Gasteiger partial charge in [0.1, 0.15) is 0 Å². The molecule has 104 valence electrons. The zero-order valence-electron chi connectivity index (χ0n) is 12.2. The van der Waals surface area contributed by atoms with Crippen molar-refractivity contribution in [2.45, 2.75) is 57.2 Å². The molecule has 2 N–H and O–H groups in total. The third-order valence-corrected chi connectivity index (χ3v) is 5.28. The summed E-state index contributed by atoms with van der Waals surface area (Å²) < 4.78 is 0. The Labute approximate surface area is 117 Å². The van der Waals surface area contributed by atoms with Crippen LogP contribution in [0.2, 0.25) is 0 Å². The summed E-state index contributed by atoms with van der Waals surface area (Å²) in [6.07, 6.45) is 6.56. The third-order valence-electron chi connectivity index (χ3n) is 5.28. The molecule has 2 aliphatic rings. The van der Waals surface area contributed by atoms with E-state index >= 15 is 0 Å². The average Bonchev–Trinajstić information content (AvgIpc) is 2.77. The topological polar surface area (TPSA) is 29.3 Å². The second kappa shape index (κ2) is 5.26. The molecule has 0 aromatic heterocycles. The second-order valence-electron chi connectivity index (χ2n) is 6.57. The first-order chi connectivity index (χ1) is 9.16. The summed E-state index contributed by atoms with van der Waals surface area (Å²) in [5, 5.41) is 0. The van der Waals surface area contributed by atoms with Crippen LogP contribution < -0.4 is 5.73 Å². The van der Waals surface area contributed by atoms with Gasteiger partial charge in [0.25, 0.3) is 0 Å². The Bertz CT molecular complexity index is 435. The van der Waals surface area contributed by atoms with Crippen LogP contribution in [0.25, 0.3) is 0 Å². The van der Waals surface area contributed by atoms with Crippen LogP contribution in [0.3, 0.4) is 0 Å². The number of nitrogens with two attached hydrogens (primary N) is 1. The van der Waals surface area contributed by atoms with E-state index in [1.54, 1.807) is 0 Å². The van der Waals surface area contributed by atoms with Crippen molar-refractivity contribution in [3.05, 3.63) is 35.4 Å². The van der Waals surface area contributed by atoms with Crippen molar-refractivity contribution in [1.82, 2.24) is 4.90 Å². The molecule has 19 heavy (non-hydrogen) atoms. The van der Waals surface area contributed by atoms with E-state index in [1.807, 2.05) is 0 Å². The normalized spacial score (nSPS) is 34.5. The Kier molecular flexibility index (Phi) is 3.64. The number of benzene rings is 1. The van der Waals surface area contributed by atoms with Gasteiger partial charge < -0.3 is 5.73 Å². The molecule has 0 heterocycles. The Morgan fingerprint density at radius 3 is 2.37 bits per heavy atom. The predicted octanol–water partition coefficient (Wildman–Crippen LogP) is 3.64. The first kappa shape index (κ1) is 13.1. The van der Waals surface area contributed by atoms with Crippen LogP contribution in [0.4, 0.5) is 0 Å². The van der Waals surface area contributed by atoms with Crippen LogP contribution in [0.5, 0.6) is 0 Å². The fraction of sp³-hybridized carbons (Fsp3) is 0.647. The SMILES string of the molecule is CC1CCC(N(C)C2CC(N)c3ccccc32)CC1. The van der Waals surface area contributed by atoms with Gasteiger partial charge in [0.2, 0.25) is 0 Å². The summed E-state index contributed by atoms with van der Waals surface area (Å²) in [7, 11) is 2.31. The van der Waals surface area contributed by atoms with Crippen LogP contribution in [-0.2, 0) is 0 Å². The van der Waals surface area contributed by atoms with Crippen molar-refractivity contribution in [2.24, 2.45) is 11.7 Å². The zero-order valence-corrected chi connectivity index (χ0v) is 12.2. The van der Waals surface area contributed by atoms with Gasteiger partial charge in [-0.1, -0.05) is 31.2 Å². The zero-order chi connectivity index (χ0) is 13.4. The molecule has 2 atom stereocenters. The van der Waals surface area contributed by atoms with Crippen molar-refractivity contribution < 1.29 is 0 Å². The van der Waals surface area contributed by atoms with Gasteiger partial charge >= 0.3 is 0 Å². The summed E-state index contributed by atoms with van der Waals surface area (Å²) in [6.45, 7) is 2.39. The lowest BCUT2D eigenvalue weighted by Crippen LogP contribution is -2.37.